The number of halogens is 2. The van der Waals surface area contributed by atoms with Crippen molar-refractivity contribution in [1.82, 2.24) is 4.90 Å². The van der Waals surface area contributed by atoms with Crippen molar-refractivity contribution in [2.75, 3.05) is 20.3 Å². The maximum atomic E-state index is 12.2. The Balaban J connectivity index is 2.22. The summed E-state index contributed by atoms with van der Waals surface area (Å²) >= 11 is 13.1. The van der Waals surface area contributed by atoms with Gasteiger partial charge in [0.05, 0.1) is 22.1 Å². The third-order valence-electron chi connectivity index (χ3n) is 3.20. The van der Waals surface area contributed by atoms with Gasteiger partial charge in [0.2, 0.25) is 0 Å². The number of carbonyl (C=O) groups is 3. The lowest BCUT2D eigenvalue weighted by molar-refractivity contribution is -0.142. The highest BCUT2D eigenvalue weighted by molar-refractivity contribution is 8.18. The fourth-order valence-corrected chi connectivity index (χ4v) is 3.54. The highest BCUT2D eigenvalue weighted by Crippen LogP contribution is 2.37. The van der Waals surface area contributed by atoms with Crippen molar-refractivity contribution in [2.45, 2.75) is 13.3 Å². The minimum Gasteiger partial charge on any atom is -0.479 e. The van der Waals surface area contributed by atoms with E-state index < -0.39 is 5.97 Å². The van der Waals surface area contributed by atoms with Gasteiger partial charge in [-0.25, -0.2) is 4.79 Å². The van der Waals surface area contributed by atoms with Crippen LogP contribution in [-0.4, -0.2) is 42.3 Å². The van der Waals surface area contributed by atoms with E-state index in [9.17, 15) is 14.4 Å². The molecule has 0 atom stereocenters. The summed E-state index contributed by atoms with van der Waals surface area (Å²) in [5.74, 6) is -0.763. The first-order chi connectivity index (χ1) is 11.9. The third kappa shape index (κ3) is 4.68. The van der Waals surface area contributed by atoms with Crippen molar-refractivity contribution >= 4 is 58.2 Å². The van der Waals surface area contributed by atoms with Gasteiger partial charge in [0.1, 0.15) is 0 Å². The zero-order valence-electron chi connectivity index (χ0n) is 13.5. The van der Waals surface area contributed by atoms with Crippen LogP contribution in [0.3, 0.4) is 0 Å². The summed E-state index contributed by atoms with van der Waals surface area (Å²) in [7, 11) is 1.24. The zero-order chi connectivity index (χ0) is 18.6. The monoisotopic (exact) mass is 403 g/mol. The second kappa shape index (κ2) is 8.60. The molecule has 0 bridgehead atoms. The summed E-state index contributed by atoms with van der Waals surface area (Å²) in [5.41, 5.74) is 0.544. The van der Waals surface area contributed by atoms with Gasteiger partial charge >= 0.3 is 5.97 Å². The van der Waals surface area contributed by atoms with Gasteiger partial charge in [0, 0.05) is 6.54 Å². The highest BCUT2D eigenvalue weighted by atomic mass is 35.5. The van der Waals surface area contributed by atoms with E-state index in [1.165, 1.54) is 24.1 Å². The number of nitrogens with zero attached hydrogens (tertiary/aromatic N) is 1. The molecule has 9 heteroatoms. The van der Waals surface area contributed by atoms with E-state index in [1.54, 1.807) is 6.08 Å². The summed E-state index contributed by atoms with van der Waals surface area (Å²) in [6.45, 7) is 1.94. The van der Waals surface area contributed by atoms with Crippen molar-refractivity contribution in [3.8, 4) is 5.75 Å². The number of rotatable bonds is 6. The molecular weight excluding hydrogens is 389 g/mol. The second-order valence-corrected chi connectivity index (χ2v) is 6.82. The summed E-state index contributed by atoms with van der Waals surface area (Å²) in [6.07, 6.45) is 2.23. The molecule has 1 aromatic rings. The van der Waals surface area contributed by atoms with Crippen LogP contribution in [0.1, 0.15) is 18.9 Å². The Morgan fingerprint density at radius 2 is 1.92 bits per heavy atom. The molecule has 2 amide bonds. The predicted molar refractivity (Wildman–Crippen MR) is 96.9 cm³/mol. The largest absolute Gasteiger partial charge is 0.479 e. The van der Waals surface area contributed by atoms with Gasteiger partial charge in [-0.2, -0.15) is 0 Å². The normalized spacial score (nSPS) is 15.8. The number of imide groups is 1. The number of thioether (sulfide) groups is 1. The molecule has 0 radical (unpaired) electrons. The smallest absolute Gasteiger partial charge is 0.343 e. The quantitative estimate of drug-likeness (QED) is 0.527. The summed E-state index contributed by atoms with van der Waals surface area (Å²) in [4.78, 5) is 36.7. The van der Waals surface area contributed by atoms with Crippen molar-refractivity contribution < 1.29 is 23.9 Å². The SMILES string of the molecule is CCCN1C(=O)S/C(=C/c2cc(Cl)c(OCC(=O)OC)c(Cl)c2)C1=O. The molecule has 0 spiro atoms. The molecular formula is C16H15Cl2NO5S. The molecule has 6 nitrogen and oxygen atoms in total. The van der Waals surface area contributed by atoms with Crippen LogP contribution in [-0.2, 0) is 14.3 Å². The van der Waals surface area contributed by atoms with E-state index in [0.29, 0.717) is 23.4 Å². The van der Waals surface area contributed by atoms with E-state index in [-0.39, 0.29) is 33.5 Å². The summed E-state index contributed by atoms with van der Waals surface area (Å²) in [6, 6.07) is 3.07. The van der Waals surface area contributed by atoms with Gasteiger partial charge in [-0.05, 0) is 42.0 Å². The van der Waals surface area contributed by atoms with Crippen LogP contribution in [0.2, 0.25) is 10.0 Å². The molecule has 1 heterocycles. The standard InChI is InChI=1S/C16H15Cl2NO5S/c1-3-4-19-15(21)12(25-16(19)22)7-9-5-10(17)14(11(18)6-9)24-8-13(20)23-2/h5-7H,3-4,8H2,1-2H3/b12-7+. The molecule has 25 heavy (non-hydrogen) atoms. The number of carbonyl (C=O) groups excluding carboxylic acids is 3. The van der Waals surface area contributed by atoms with E-state index in [0.717, 1.165) is 11.8 Å². The van der Waals surface area contributed by atoms with Gasteiger partial charge in [-0.3, -0.25) is 14.5 Å². The topological polar surface area (TPSA) is 72.9 Å². The van der Waals surface area contributed by atoms with Gasteiger partial charge in [-0.15, -0.1) is 0 Å². The van der Waals surface area contributed by atoms with Crippen molar-refractivity contribution in [3.05, 3.63) is 32.6 Å². The third-order valence-corrected chi connectivity index (χ3v) is 4.67. The van der Waals surface area contributed by atoms with Crippen molar-refractivity contribution in [3.63, 3.8) is 0 Å². The van der Waals surface area contributed by atoms with Crippen molar-refractivity contribution in [2.24, 2.45) is 0 Å². The Bertz CT molecular complexity index is 727. The van der Waals surface area contributed by atoms with Gasteiger partial charge < -0.3 is 9.47 Å². The molecule has 1 fully saturated rings. The maximum absolute atomic E-state index is 12.2. The lowest BCUT2D eigenvalue weighted by Crippen LogP contribution is -2.28. The lowest BCUT2D eigenvalue weighted by atomic mass is 10.2. The van der Waals surface area contributed by atoms with E-state index in [2.05, 4.69) is 4.74 Å². The van der Waals surface area contributed by atoms with E-state index >= 15 is 0 Å². The molecule has 1 aliphatic rings. The molecule has 0 aliphatic carbocycles. The zero-order valence-corrected chi connectivity index (χ0v) is 15.8. The maximum Gasteiger partial charge on any atom is 0.343 e. The number of hydrogen-bond donors (Lipinski definition) is 0. The number of esters is 1. The number of ether oxygens (including phenoxy) is 2. The minimum atomic E-state index is -0.569. The lowest BCUT2D eigenvalue weighted by Gasteiger charge is -2.10. The van der Waals surface area contributed by atoms with Crippen LogP contribution < -0.4 is 4.74 Å². The van der Waals surface area contributed by atoms with Gasteiger partial charge in [0.25, 0.3) is 11.1 Å². The summed E-state index contributed by atoms with van der Waals surface area (Å²) in [5, 5.41) is 0.0548. The Labute approximate surface area is 159 Å². The number of hydrogen-bond acceptors (Lipinski definition) is 6. The first kappa shape index (κ1) is 19.6. The minimum absolute atomic E-state index is 0.143. The van der Waals surface area contributed by atoms with Crippen molar-refractivity contribution in [1.29, 1.82) is 0 Å². The number of benzene rings is 1. The van der Waals surface area contributed by atoms with E-state index in [1.807, 2.05) is 6.92 Å². The van der Waals surface area contributed by atoms with Crippen LogP contribution in [0.5, 0.6) is 5.75 Å². The number of amides is 2. The Morgan fingerprint density at radius 3 is 2.48 bits per heavy atom. The van der Waals surface area contributed by atoms with Gasteiger partial charge in [-0.1, -0.05) is 30.1 Å². The highest BCUT2D eigenvalue weighted by Gasteiger charge is 2.34. The Hall–Kier alpha value is -1.70. The molecule has 0 saturated carbocycles. The molecule has 134 valence electrons. The van der Waals surface area contributed by atoms with Crippen LogP contribution in [0.25, 0.3) is 6.08 Å². The average Bonchev–Trinajstić information content (AvgIpc) is 2.81. The van der Waals surface area contributed by atoms with Gasteiger partial charge in [0.15, 0.2) is 12.4 Å². The molecule has 1 aliphatic heterocycles. The van der Waals surface area contributed by atoms with Crippen LogP contribution in [0.15, 0.2) is 17.0 Å². The summed E-state index contributed by atoms with van der Waals surface area (Å²) < 4.78 is 9.72. The molecule has 1 aromatic carbocycles. The molecule has 0 N–H and O–H groups in total. The van der Waals surface area contributed by atoms with E-state index in [4.69, 9.17) is 27.9 Å². The molecule has 0 aromatic heterocycles. The molecule has 1 saturated heterocycles. The Kier molecular flexibility index (Phi) is 6.75. The number of methoxy groups -OCH3 is 1. The first-order valence-corrected chi connectivity index (χ1v) is 8.88. The molecule has 0 unspecified atom stereocenters. The fourth-order valence-electron chi connectivity index (χ4n) is 2.06. The van der Waals surface area contributed by atoms with Crippen LogP contribution in [0, 0.1) is 0 Å². The first-order valence-electron chi connectivity index (χ1n) is 7.31. The Morgan fingerprint density at radius 1 is 1.28 bits per heavy atom. The fraction of sp³-hybridized carbons (Fsp3) is 0.312. The average molecular weight is 404 g/mol. The van der Waals surface area contributed by atoms with Crippen LogP contribution in [0.4, 0.5) is 4.79 Å². The predicted octanol–water partition coefficient (Wildman–Crippen LogP) is 3.99. The second-order valence-electron chi connectivity index (χ2n) is 5.01. The molecule has 2 rings (SSSR count). The van der Waals surface area contributed by atoms with Crippen LogP contribution >= 0.6 is 35.0 Å².